The summed E-state index contributed by atoms with van der Waals surface area (Å²) in [5.41, 5.74) is 2.84. The van der Waals surface area contributed by atoms with E-state index in [2.05, 4.69) is 6.92 Å². The zero-order chi connectivity index (χ0) is 16.7. The lowest BCUT2D eigenvalue weighted by atomic mass is 9.93. The molecule has 1 atom stereocenters. The largest absolute Gasteiger partial charge is 0.329 e. The molecule has 1 fully saturated rings. The fraction of sp³-hybridized carbons (Fsp3) is 0.556. The molecule has 0 aliphatic carbocycles. The molecule has 1 aliphatic heterocycles. The highest BCUT2D eigenvalue weighted by molar-refractivity contribution is 6.00. The first-order valence-electron chi connectivity index (χ1n) is 7.82. The van der Waals surface area contributed by atoms with Crippen LogP contribution < -0.4 is 4.90 Å². The highest BCUT2D eigenvalue weighted by Gasteiger charge is 2.38. The summed E-state index contributed by atoms with van der Waals surface area (Å²) in [5.74, 6) is 0.0280. The average Bonchev–Trinajstić information content (AvgIpc) is 2.43. The molecule has 120 valence electrons. The Kier molecular flexibility index (Phi) is 4.32. The molecule has 0 spiro atoms. The molecule has 2 rings (SSSR count). The Morgan fingerprint density at radius 2 is 1.77 bits per heavy atom. The fourth-order valence-electron chi connectivity index (χ4n) is 2.73. The van der Waals surface area contributed by atoms with Gasteiger partial charge in [0.05, 0.1) is 0 Å². The molecule has 0 aromatic heterocycles. The maximum atomic E-state index is 12.7. The molecule has 1 unspecified atom stereocenters. The Hall–Kier alpha value is -1.84. The SMILES string of the molecule is Cc1ccc(N2CCN(C(=O)C(C)(C)C)C(C)C2=O)cc1C. The number of anilines is 1. The zero-order valence-corrected chi connectivity index (χ0v) is 14.4. The van der Waals surface area contributed by atoms with Gasteiger partial charge >= 0.3 is 0 Å². The van der Waals surface area contributed by atoms with Crippen LogP contribution in [0.4, 0.5) is 5.69 Å². The predicted molar refractivity (Wildman–Crippen MR) is 88.9 cm³/mol. The second-order valence-electron chi connectivity index (χ2n) is 7.18. The van der Waals surface area contributed by atoms with Crippen LogP contribution >= 0.6 is 0 Å². The minimum atomic E-state index is -0.461. The normalized spacial score (nSPS) is 19.5. The lowest BCUT2D eigenvalue weighted by Crippen LogP contribution is -2.59. The standard InChI is InChI=1S/C18H26N2O2/c1-12-7-8-15(11-13(12)2)20-10-9-19(14(3)16(20)21)17(22)18(4,5)6/h7-8,11,14H,9-10H2,1-6H3. The maximum Gasteiger partial charge on any atom is 0.249 e. The summed E-state index contributed by atoms with van der Waals surface area (Å²) in [4.78, 5) is 28.7. The van der Waals surface area contributed by atoms with E-state index in [0.717, 1.165) is 5.69 Å². The smallest absolute Gasteiger partial charge is 0.249 e. The van der Waals surface area contributed by atoms with Gasteiger partial charge in [0.2, 0.25) is 11.8 Å². The lowest BCUT2D eigenvalue weighted by molar-refractivity contribution is -0.147. The van der Waals surface area contributed by atoms with Crippen molar-refractivity contribution in [1.82, 2.24) is 4.90 Å². The van der Waals surface area contributed by atoms with E-state index in [-0.39, 0.29) is 11.8 Å². The van der Waals surface area contributed by atoms with Crippen molar-refractivity contribution in [2.75, 3.05) is 18.0 Å². The molecule has 1 aromatic carbocycles. The molecule has 22 heavy (non-hydrogen) atoms. The monoisotopic (exact) mass is 302 g/mol. The van der Waals surface area contributed by atoms with E-state index in [1.807, 2.05) is 52.8 Å². The number of carbonyl (C=O) groups is 2. The molecule has 0 bridgehead atoms. The first-order chi connectivity index (χ1) is 10.1. The Labute approximate surface area is 133 Å². The quantitative estimate of drug-likeness (QED) is 0.800. The van der Waals surface area contributed by atoms with Gasteiger partial charge in [-0.25, -0.2) is 0 Å². The molecule has 1 aromatic rings. The predicted octanol–water partition coefficient (Wildman–Crippen LogP) is 2.91. The summed E-state index contributed by atoms with van der Waals surface area (Å²) in [6.07, 6.45) is 0. The van der Waals surface area contributed by atoms with Crippen molar-refractivity contribution in [3.05, 3.63) is 29.3 Å². The lowest BCUT2D eigenvalue weighted by Gasteiger charge is -2.41. The van der Waals surface area contributed by atoms with Crippen LogP contribution in [0.2, 0.25) is 0 Å². The van der Waals surface area contributed by atoms with Crippen LogP contribution in [-0.4, -0.2) is 35.8 Å². The van der Waals surface area contributed by atoms with Gasteiger partial charge < -0.3 is 9.80 Å². The van der Waals surface area contributed by atoms with Gasteiger partial charge in [-0.3, -0.25) is 9.59 Å². The Morgan fingerprint density at radius 1 is 1.14 bits per heavy atom. The van der Waals surface area contributed by atoms with Crippen molar-refractivity contribution >= 4 is 17.5 Å². The van der Waals surface area contributed by atoms with E-state index in [0.29, 0.717) is 13.1 Å². The molecule has 1 heterocycles. The Balaban J connectivity index is 2.22. The first kappa shape index (κ1) is 16.5. The van der Waals surface area contributed by atoms with Gasteiger partial charge in [-0.1, -0.05) is 26.8 Å². The van der Waals surface area contributed by atoms with E-state index >= 15 is 0 Å². The molecule has 2 amide bonds. The van der Waals surface area contributed by atoms with Crippen molar-refractivity contribution in [2.45, 2.75) is 47.6 Å². The van der Waals surface area contributed by atoms with Gasteiger partial charge in [0.25, 0.3) is 0 Å². The summed E-state index contributed by atoms with van der Waals surface area (Å²) in [6.45, 7) is 12.7. The van der Waals surface area contributed by atoms with Crippen LogP contribution in [0, 0.1) is 19.3 Å². The number of piperazine rings is 1. The molecule has 0 radical (unpaired) electrons. The molecule has 1 aliphatic rings. The fourth-order valence-corrected chi connectivity index (χ4v) is 2.73. The second kappa shape index (κ2) is 5.75. The van der Waals surface area contributed by atoms with Crippen molar-refractivity contribution in [1.29, 1.82) is 0 Å². The number of rotatable bonds is 1. The van der Waals surface area contributed by atoms with Crippen LogP contribution in [0.5, 0.6) is 0 Å². The highest BCUT2D eigenvalue weighted by atomic mass is 16.2. The number of carbonyl (C=O) groups excluding carboxylic acids is 2. The Bertz CT molecular complexity index is 602. The minimum absolute atomic E-state index is 0.00731. The van der Waals surface area contributed by atoms with Crippen molar-refractivity contribution in [3.63, 3.8) is 0 Å². The van der Waals surface area contributed by atoms with E-state index in [9.17, 15) is 9.59 Å². The molecule has 1 saturated heterocycles. The van der Waals surface area contributed by atoms with Gasteiger partial charge in [0.1, 0.15) is 6.04 Å². The summed E-state index contributed by atoms with van der Waals surface area (Å²) in [6, 6.07) is 5.65. The third-order valence-electron chi connectivity index (χ3n) is 4.36. The maximum absolute atomic E-state index is 12.7. The van der Waals surface area contributed by atoms with Crippen LogP contribution in [0.1, 0.15) is 38.8 Å². The summed E-state index contributed by atoms with van der Waals surface area (Å²) in [7, 11) is 0. The molecule has 4 nitrogen and oxygen atoms in total. The molecular weight excluding hydrogens is 276 g/mol. The first-order valence-corrected chi connectivity index (χ1v) is 7.82. The summed E-state index contributed by atoms with van der Waals surface area (Å²) >= 11 is 0. The van der Waals surface area contributed by atoms with Crippen molar-refractivity contribution in [3.8, 4) is 0 Å². The molecular formula is C18H26N2O2. The molecule has 4 heteroatoms. The van der Waals surface area contributed by atoms with Gasteiger partial charge in [-0.2, -0.15) is 0 Å². The van der Waals surface area contributed by atoms with E-state index in [1.54, 1.807) is 9.80 Å². The highest BCUT2D eigenvalue weighted by Crippen LogP contribution is 2.26. The number of amides is 2. The van der Waals surface area contributed by atoms with Crippen molar-refractivity contribution < 1.29 is 9.59 Å². The van der Waals surface area contributed by atoms with Gasteiger partial charge in [-0.15, -0.1) is 0 Å². The average molecular weight is 302 g/mol. The third kappa shape index (κ3) is 3.01. The van der Waals surface area contributed by atoms with Crippen LogP contribution in [-0.2, 0) is 9.59 Å². The van der Waals surface area contributed by atoms with Gasteiger partial charge in [0.15, 0.2) is 0 Å². The number of benzene rings is 1. The molecule has 0 N–H and O–H groups in total. The molecule has 0 saturated carbocycles. The second-order valence-corrected chi connectivity index (χ2v) is 7.18. The van der Waals surface area contributed by atoms with Gasteiger partial charge in [0, 0.05) is 24.2 Å². The summed E-state index contributed by atoms with van der Waals surface area (Å²) < 4.78 is 0. The van der Waals surface area contributed by atoms with Crippen LogP contribution in [0.3, 0.4) is 0 Å². The number of nitrogens with zero attached hydrogens (tertiary/aromatic N) is 2. The number of hydrogen-bond donors (Lipinski definition) is 0. The van der Waals surface area contributed by atoms with E-state index < -0.39 is 11.5 Å². The summed E-state index contributed by atoms with van der Waals surface area (Å²) in [5, 5.41) is 0. The van der Waals surface area contributed by atoms with Crippen LogP contribution in [0.15, 0.2) is 18.2 Å². The zero-order valence-electron chi connectivity index (χ0n) is 14.4. The van der Waals surface area contributed by atoms with Gasteiger partial charge in [-0.05, 0) is 44.0 Å². The number of hydrogen-bond acceptors (Lipinski definition) is 2. The van der Waals surface area contributed by atoms with E-state index in [1.165, 1.54) is 11.1 Å². The van der Waals surface area contributed by atoms with Crippen molar-refractivity contribution in [2.24, 2.45) is 5.41 Å². The Morgan fingerprint density at radius 3 is 2.32 bits per heavy atom. The third-order valence-corrected chi connectivity index (χ3v) is 4.36. The minimum Gasteiger partial charge on any atom is -0.329 e. The topological polar surface area (TPSA) is 40.6 Å². The van der Waals surface area contributed by atoms with Crippen LogP contribution in [0.25, 0.3) is 0 Å². The van der Waals surface area contributed by atoms with E-state index in [4.69, 9.17) is 0 Å². The number of aryl methyl sites for hydroxylation is 2.